The molecule has 2 aromatic carbocycles. The molecule has 0 radical (unpaired) electrons. The summed E-state index contributed by atoms with van der Waals surface area (Å²) in [6, 6.07) is 13.3. The van der Waals surface area contributed by atoms with Crippen LogP contribution in [0.15, 0.2) is 71.4 Å². The number of rotatable bonds is 7. The van der Waals surface area contributed by atoms with E-state index in [4.69, 9.17) is 9.47 Å². The highest BCUT2D eigenvalue weighted by atomic mass is 19.4. The zero-order chi connectivity index (χ0) is 28.3. The lowest BCUT2D eigenvalue weighted by Crippen LogP contribution is -2.37. The molecule has 1 atom stereocenters. The van der Waals surface area contributed by atoms with E-state index in [-0.39, 0.29) is 24.6 Å². The Labute approximate surface area is 226 Å². The molecule has 1 amide bonds. The number of carbonyl (C=O) groups excluding carboxylic acids is 2. The number of hydrogen-bond donors (Lipinski definition) is 1. The van der Waals surface area contributed by atoms with Gasteiger partial charge in [-0.15, -0.1) is 0 Å². The molecule has 0 saturated heterocycles. The summed E-state index contributed by atoms with van der Waals surface area (Å²) in [5, 5.41) is 2.80. The van der Waals surface area contributed by atoms with Crippen molar-refractivity contribution >= 4 is 17.7 Å². The van der Waals surface area contributed by atoms with E-state index in [2.05, 4.69) is 10.3 Å². The fraction of sp³-hybridized carbons (Fsp3) is 0.433. The summed E-state index contributed by atoms with van der Waals surface area (Å²) < 4.78 is 50.9. The number of amidine groups is 1. The second kappa shape index (κ2) is 11.2. The average molecular weight is 543 g/mol. The van der Waals surface area contributed by atoms with Gasteiger partial charge in [-0.25, -0.2) is 4.79 Å². The summed E-state index contributed by atoms with van der Waals surface area (Å²) >= 11 is 0. The van der Waals surface area contributed by atoms with Crippen LogP contribution in [0.3, 0.4) is 0 Å². The minimum atomic E-state index is -4.43. The molecule has 1 aliphatic heterocycles. The van der Waals surface area contributed by atoms with Crippen molar-refractivity contribution in [3.63, 3.8) is 0 Å². The lowest BCUT2D eigenvalue weighted by molar-refractivity contribution is -0.155. The third-order valence-electron chi connectivity index (χ3n) is 6.86. The van der Waals surface area contributed by atoms with Crippen LogP contribution < -0.4 is 5.32 Å². The van der Waals surface area contributed by atoms with Crippen molar-refractivity contribution in [1.29, 1.82) is 0 Å². The van der Waals surface area contributed by atoms with Crippen LogP contribution in [0, 0.1) is 0 Å². The molecular weight excluding hydrogens is 509 g/mol. The van der Waals surface area contributed by atoms with Gasteiger partial charge in [0, 0.05) is 11.8 Å². The van der Waals surface area contributed by atoms with Gasteiger partial charge in [0.05, 0.1) is 5.56 Å². The second-order valence-electron chi connectivity index (χ2n) is 11.1. The molecule has 2 aromatic rings. The molecule has 208 valence electrons. The van der Waals surface area contributed by atoms with Gasteiger partial charge in [-0.1, -0.05) is 55.3 Å². The predicted molar refractivity (Wildman–Crippen MR) is 141 cm³/mol. The average Bonchev–Trinajstić information content (AvgIpc) is 3.28. The molecule has 39 heavy (non-hydrogen) atoms. The molecular formula is C30H33F3N2O4. The number of nitrogens with zero attached hydrogens (tertiary/aromatic N) is 1. The van der Waals surface area contributed by atoms with E-state index in [0.717, 1.165) is 48.9 Å². The lowest BCUT2D eigenvalue weighted by Gasteiger charge is -2.31. The fourth-order valence-electron chi connectivity index (χ4n) is 5.02. The van der Waals surface area contributed by atoms with Gasteiger partial charge in [0.15, 0.2) is 11.8 Å². The van der Waals surface area contributed by atoms with Crippen LogP contribution in [0.1, 0.15) is 69.6 Å². The maximum absolute atomic E-state index is 13.2. The molecule has 1 heterocycles. The minimum absolute atomic E-state index is 0.0523. The molecule has 1 saturated carbocycles. The Morgan fingerprint density at radius 2 is 1.67 bits per heavy atom. The van der Waals surface area contributed by atoms with Gasteiger partial charge in [-0.3, -0.25) is 9.79 Å². The molecule has 6 nitrogen and oxygen atoms in total. The molecule has 0 bridgehead atoms. The number of aliphatic imine (C=N–C) groups is 1. The Morgan fingerprint density at radius 3 is 2.26 bits per heavy atom. The topological polar surface area (TPSA) is 77.0 Å². The Hall–Kier alpha value is -3.62. The Morgan fingerprint density at radius 1 is 1.03 bits per heavy atom. The van der Waals surface area contributed by atoms with Gasteiger partial charge in [-0.05, 0) is 62.9 Å². The first-order valence-corrected chi connectivity index (χ1v) is 13.0. The van der Waals surface area contributed by atoms with E-state index in [1.165, 1.54) is 18.2 Å². The van der Waals surface area contributed by atoms with Crippen LogP contribution >= 0.6 is 0 Å². The van der Waals surface area contributed by atoms with Crippen LogP contribution in [0.4, 0.5) is 13.2 Å². The summed E-state index contributed by atoms with van der Waals surface area (Å²) in [6.07, 6.45) is 0.401. The van der Waals surface area contributed by atoms with Crippen molar-refractivity contribution in [2.75, 3.05) is 0 Å². The number of hydrogen-bond acceptors (Lipinski definition) is 5. The maximum atomic E-state index is 13.2. The van der Waals surface area contributed by atoms with Crippen LogP contribution in [0.5, 0.6) is 0 Å². The first-order chi connectivity index (χ1) is 18.3. The van der Waals surface area contributed by atoms with Gasteiger partial charge in [0.2, 0.25) is 0 Å². The summed E-state index contributed by atoms with van der Waals surface area (Å²) in [4.78, 5) is 30.9. The van der Waals surface area contributed by atoms with Gasteiger partial charge in [-0.2, -0.15) is 13.2 Å². The van der Waals surface area contributed by atoms with E-state index >= 15 is 0 Å². The molecule has 1 N–H and O–H groups in total. The molecule has 1 aliphatic carbocycles. The minimum Gasteiger partial charge on any atom is -0.483 e. The van der Waals surface area contributed by atoms with E-state index in [9.17, 15) is 22.8 Å². The monoisotopic (exact) mass is 542 g/mol. The summed E-state index contributed by atoms with van der Waals surface area (Å²) in [7, 11) is 0. The molecule has 1 fully saturated rings. The van der Waals surface area contributed by atoms with Crippen LogP contribution in [-0.4, -0.2) is 29.4 Å². The Bertz CT molecular complexity index is 1240. The zero-order valence-electron chi connectivity index (χ0n) is 22.3. The highest BCUT2D eigenvalue weighted by Crippen LogP contribution is 2.45. The third-order valence-corrected chi connectivity index (χ3v) is 6.86. The molecule has 9 heteroatoms. The van der Waals surface area contributed by atoms with Crippen molar-refractivity contribution in [2.45, 2.75) is 82.7 Å². The Kier molecular flexibility index (Phi) is 8.18. The molecule has 1 unspecified atom stereocenters. The maximum Gasteiger partial charge on any atom is 0.416 e. The zero-order valence-corrected chi connectivity index (χ0v) is 22.3. The molecule has 0 spiro atoms. The number of esters is 1. The number of amides is 1. The van der Waals surface area contributed by atoms with E-state index in [0.29, 0.717) is 0 Å². The quantitative estimate of drug-likeness (QED) is 0.420. The number of benzene rings is 2. The summed E-state index contributed by atoms with van der Waals surface area (Å²) in [5.41, 5.74) is -0.421. The number of halogens is 3. The first kappa shape index (κ1) is 28.4. The highest BCUT2D eigenvalue weighted by Gasteiger charge is 2.40. The molecule has 0 aromatic heterocycles. The number of carbonyl (C=O) groups is 2. The van der Waals surface area contributed by atoms with Gasteiger partial charge >= 0.3 is 12.1 Å². The number of alkyl halides is 3. The van der Waals surface area contributed by atoms with Crippen LogP contribution in [-0.2, 0) is 37.3 Å². The summed E-state index contributed by atoms with van der Waals surface area (Å²) in [6.45, 7) is 5.34. The van der Waals surface area contributed by atoms with E-state index in [1.54, 1.807) is 20.8 Å². The van der Waals surface area contributed by atoms with Crippen molar-refractivity contribution in [3.8, 4) is 0 Å². The number of ether oxygens (including phenoxy) is 2. The SMILES string of the molecule is CC(C)(C)OC(=O)C1C=C(OCc2ccccc2)C(=O)NC(CC2(c3ccc(C(F)(F)F)cc3)CCCC2)=N1. The van der Waals surface area contributed by atoms with Crippen molar-refractivity contribution in [2.24, 2.45) is 4.99 Å². The lowest BCUT2D eigenvalue weighted by atomic mass is 9.75. The van der Waals surface area contributed by atoms with Crippen molar-refractivity contribution < 1.29 is 32.2 Å². The van der Waals surface area contributed by atoms with Gasteiger partial charge in [0.1, 0.15) is 18.0 Å². The van der Waals surface area contributed by atoms with Gasteiger partial charge in [0.25, 0.3) is 5.91 Å². The van der Waals surface area contributed by atoms with Gasteiger partial charge < -0.3 is 14.8 Å². The van der Waals surface area contributed by atoms with Crippen molar-refractivity contribution in [1.82, 2.24) is 5.32 Å². The normalized spacial score (nSPS) is 19.4. The van der Waals surface area contributed by atoms with E-state index in [1.807, 2.05) is 30.3 Å². The second-order valence-corrected chi connectivity index (χ2v) is 11.1. The number of nitrogens with one attached hydrogen (secondary N) is 1. The van der Waals surface area contributed by atoms with E-state index < -0.39 is 40.7 Å². The largest absolute Gasteiger partial charge is 0.483 e. The summed E-state index contributed by atoms with van der Waals surface area (Å²) in [5.74, 6) is -0.959. The fourth-order valence-corrected chi connectivity index (χ4v) is 5.02. The first-order valence-electron chi connectivity index (χ1n) is 13.0. The highest BCUT2D eigenvalue weighted by molar-refractivity contribution is 6.07. The molecule has 4 rings (SSSR count). The molecule has 2 aliphatic rings. The predicted octanol–water partition coefficient (Wildman–Crippen LogP) is 6.25. The smallest absolute Gasteiger partial charge is 0.416 e. The Balaban J connectivity index is 1.62. The van der Waals surface area contributed by atoms with Crippen LogP contribution in [0.25, 0.3) is 0 Å². The third kappa shape index (κ3) is 7.28. The van der Waals surface area contributed by atoms with Crippen LogP contribution in [0.2, 0.25) is 0 Å². The standard InChI is InChI=1S/C30H33F3N2O4/c1-28(2,3)39-27(37)23-17-24(38-19-20-9-5-4-6-10-20)26(36)35-25(34-23)18-29(15-7-8-16-29)21-11-13-22(14-12-21)30(31,32)33/h4-6,9-14,17,23H,7-8,15-16,18-19H2,1-3H3,(H,34,35,36). The van der Waals surface area contributed by atoms with Crippen molar-refractivity contribution in [3.05, 3.63) is 83.1 Å².